The Morgan fingerprint density at radius 1 is 1.09 bits per heavy atom. The summed E-state index contributed by atoms with van der Waals surface area (Å²) in [7, 11) is -2.92. The van der Waals surface area contributed by atoms with Gasteiger partial charge in [0.2, 0.25) is 0 Å². The van der Waals surface area contributed by atoms with E-state index in [0.717, 1.165) is 22.5 Å². The number of sulfone groups is 1. The fraction of sp³-hybridized carbons (Fsp3) is 0.222. The number of anilines is 1. The Morgan fingerprint density at radius 3 is 2.32 bits per heavy atom. The molecule has 0 saturated carbocycles. The zero-order valence-electron chi connectivity index (χ0n) is 13.0. The SMILES string of the molecule is C=C(Nc1ccc(CCS(C)(=O)=O)cc1)c1ccccc1C. The van der Waals surface area contributed by atoms with E-state index in [1.54, 1.807) is 0 Å². The molecule has 0 aliphatic carbocycles. The third-order valence-corrected chi connectivity index (χ3v) is 4.43. The molecule has 0 aliphatic heterocycles. The molecule has 0 aliphatic rings. The van der Waals surface area contributed by atoms with Gasteiger partial charge in [0, 0.05) is 23.2 Å². The molecule has 4 heteroatoms. The molecule has 0 unspecified atom stereocenters. The molecule has 0 radical (unpaired) electrons. The lowest BCUT2D eigenvalue weighted by molar-refractivity contribution is 0.601. The maximum Gasteiger partial charge on any atom is 0.147 e. The maximum atomic E-state index is 11.2. The standard InChI is InChI=1S/C18H21NO2S/c1-14-6-4-5-7-18(14)15(2)19-17-10-8-16(9-11-17)12-13-22(3,20)21/h4-11,19H,2,12-13H2,1,3H3. The minimum absolute atomic E-state index is 0.176. The second kappa shape index (κ2) is 6.79. The third-order valence-electron chi connectivity index (χ3n) is 3.48. The molecule has 2 rings (SSSR count). The molecule has 2 aromatic rings. The fourth-order valence-electron chi connectivity index (χ4n) is 2.21. The fourth-order valence-corrected chi connectivity index (χ4v) is 2.82. The van der Waals surface area contributed by atoms with Gasteiger partial charge in [-0.1, -0.05) is 43.0 Å². The predicted molar refractivity (Wildman–Crippen MR) is 93.7 cm³/mol. The second-order valence-electron chi connectivity index (χ2n) is 5.50. The van der Waals surface area contributed by atoms with Crippen LogP contribution in [0.4, 0.5) is 5.69 Å². The van der Waals surface area contributed by atoms with Crippen molar-refractivity contribution in [1.82, 2.24) is 0 Å². The van der Waals surface area contributed by atoms with Crippen molar-refractivity contribution in [2.75, 3.05) is 17.3 Å². The van der Waals surface area contributed by atoms with Crippen molar-refractivity contribution in [2.24, 2.45) is 0 Å². The van der Waals surface area contributed by atoms with Crippen LogP contribution in [0.25, 0.3) is 5.70 Å². The van der Waals surface area contributed by atoms with Crippen molar-refractivity contribution in [3.8, 4) is 0 Å². The zero-order valence-corrected chi connectivity index (χ0v) is 13.8. The lowest BCUT2D eigenvalue weighted by atomic mass is 10.1. The summed E-state index contributed by atoms with van der Waals surface area (Å²) in [4.78, 5) is 0. The first-order valence-corrected chi connectivity index (χ1v) is 9.20. The molecule has 0 amide bonds. The van der Waals surface area contributed by atoms with Crippen LogP contribution in [0.1, 0.15) is 16.7 Å². The maximum absolute atomic E-state index is 11.2. The number of rotatable bonds is 6. The van der Waals surface area contributed by atoms with Crippen molar-refractivity contribution in [3.63, 3.8) is 0 Å². The van der Waals surface area contributed by atoms with Crippen LogP contribution in [0.5, 0.6) is 0 Å². The Morgan fingerprint density at radius 2 is 1.73 bits per heavy atom. The molecule has 0 spiro atoms. The molecule has 3 nitrogen and oxygen atoms in total. The van der Waals surface area contributed by atoms with E-state index in [1.165, 1.54) is 11.8 Å². The highest BCUT2D eigenvalue weighted by Gasteiger charge is 2.05. The number of hydrogen-bond donors (Lipinski definition) is 1. The van der Waals surface area contributed by atoms with Crippen molar-refractivity contribution in [2.45, 2.75) is 13.3 Å². The first-order chi connectivity index (χ1) is 10.3. The highest BCUT2D eigenvalue weighted by atomic mass is 32.2. The van der Waals surface area contributed by atoms with Crippen LogP contribution in [0.2, 0.25) is 0 Å². The van der Waals surface area contributed by atoms with Crippen LogP contribution in [0, 0.1) is 6.92 Å². The predicted octanol–water partition coefficient (Wildman–Crippen LogP) is 3.66. The zero-order chi connectivity index (χ0) is 16.2. The van der Waals surface area contributed by atoms with Gasteiger partial charge in [0.1, 0.15) is 9.84 Å². The number of hydrogen-bond acceptors (Lipinski definition) is 3. The second-order valence-corrected chi connectivity index (χ2v) is 7.76. The molecule has 0 saturated heterocycles. The summed E-state index contributed by atoms with van der Waals surface area (Å²) < 4.78 is 22.4. The van der Waals surface area contributed by atoms with Gasteiger partial charge in [-0.3, -0.25) is 0 Å². The summed E-state index contributed by atoms with van der Waals surface area (Å²) in [5, 5.41) is 3.29. The normalized spacial score (nSPS) is 11.2. The molecule has 22 heavy (non-hydrogen) atoms. The van der Waals surface area contributed by atoms with Gasteiger partial charge in [0.15, 0.2) is 0 Å². The van der Waals surface area contributed by atoms with Gasteiger partial charge in [-0.05, 0) is 36.6 Å². The van der Waals surface area contributed by atoms with Crippen molar-refractivity contribution in [1.29, 1.82) is 0 Å². The van der Waals surface area contributed by atoms with E-state index in [0.29, 0.717) is 6.42 Å². The molecule has 0 heterocycles. The van der Waals surface area contributed by atoms with E-state index in [-0.39, 0.29) is 5.75 Å². The van der Waals surface area contributed by atoms with Crippen molar-refractivity contribution >= 4 is 21.2 Å². The Kier molecular flexibility index (Phi) is 5.03. The highest BCUT2D eigenvalue weighted by molar-refractivity contribution is 7.90. The first kappa shape index (κ1) is 16.3. The van der Waals surface area contributed by atoms with Gasteiger partial charge in [0.05, 0.1) is 5.75 Å². The number of nitrogens with one attached hydrogen (secondary N) is 1. The van der Waals surface area contributed by atoms with Crippen LogP contribution >= 0.6 is 0 Å². The van der Waals surface area contributed by atoms with Gasteiger partial charge in [-0.25, -0.2) is 8.42 Å². The summed E-state index contributed by atoms with van der Waals surface area (Å²) in [5.41, 5.74) is 5.06. The Bertz CT molecular complexity index is 762. The minimum atomic E-state index is -2.92. The van der Waals surface area contributed by atoms with Gasteiger partial charge in [-0.2, -0.15) is 0 Å². The van der Waals surface area contributed by atoms with Crippen LogP contribution < -0.4 is 5.32 Å². The summed E-state index contributed by atoms with van der Waals surface area (Å²) in [5.74, 6) is 0.176. The van der Waals surface area contributed by atoms with E-state index in [2.05, 4.69) is 24.9 Å². The monoisotopic (exact) mass is 315 g/mol. The average molecular weight is 315 g/mol. The molecule has 2 aromatic carbocycles. The van der Waals surface area contributed by atoms with Gasteiger partial charge >= 0.3 is 0 Å². The average Bonchev–Trinajstić information content (AvgIpc) is 2.46. The van der Waals surface area contributed by atoms with Gasteiger partial charge < -0.3 is 5.32 Å². The summed E-state index contributed by atoms with van der Waals surface area (Å²) in [6, 6.07) is 15.9. The quantitative estimate of drug-likeness (QED) is 0.885. The molecule has 0 aromatic heterocycles. The largest absolute Gasteiger partial charge is 0.356 e. The van der Waals surface area contributed by atoms with E-state index < -0.39 is 9.84 Å². The summed E-state index contributed by atoms with van der Waals surface area (Å²) in [6.45, 7) is 6.13. The van der Waals surface area contributed by atoms with Crippen LogP contribution in [-0.4, -0.2) is 20.4 Å². The smallest absolute Gasteiger partial charge is 0.147 e. The molecular weight excluding hydrogens is 294 g/mol. The molecule has 1 N–H and O–H groups in total. The molecule has 0 bridgehead atoms. The number of benzene rings is 2. The van der Waals surface area contributed by atoms with E-state index in [4.69, 9.17) is 0 Å². The minimum Gasteiger partial charge on any atom is -0.356 e. The van der Waals surface area contributed by atoms with Crippen LogP contribution in [0.3, 0.4) is 0 Å². The topological polar surface area (TPSA) is 46.2 Å². The van der Waals surface area contributed by atoms with E-state index in [1.807, 2.05) is 42.5 Å². The Balaban J connectivity index is 2.02. The Labute approximate surface area is 132 Å². The molecule has 0 atom stereocenters. The van der Waals surface area contributed by atoms with E-state index in [9.17, 15) is 8.42 Å². The first-order valence-electron chi connectivity index (χ1n) is 7.14. The van der Waals surface area contributed by atoms with Gasteiger partial charge in [0.25, 0.3) is 0 Å². The Hall–Kier alpha value is -2.07. The lowest BCUT2D eigenvalue weighted by Crippen LogP contribution is -2.06. The lowest BCUT2D eigenvalue weighted by Gasteiger charge is -2.12. The third kappa shape index (κ3) is 4.74. The van der Waals surface area contributed by atoms with E-state index >= 15 is 0 Å². The van der Waals surface area contributed by atoms with Crippen molar-refractivity contribution < 1.29 is 8.42 Å². The summed E-state index contributed by atoms with van der Waals surface area (Å²) in [6.07, 6.45) is 1.80. The van der Waals surface area contributed by atoms with Gasteiger partial charge in [-0.15, -0.1) is 0 Å². The van der Waals surface area contributed by atoms with Crippen LogP contribution in [0.15, 0.2) is 55.1 Å². The molecule has 0 fully saturated rings. The molecular formula is C18H21NO2S. The number of aryl methyl sites for hydroxylation is 2. The highest BCUT2D eigenvalue weighted by Crippen LogP contribution is 2.20. The van der Waals surface area contributed by atoms with Crippen LogP contribution in [-0.2, 0) is 16.3 Å². The van der Waals surface area contributed by atoms with Crippen molar-refractivity contribution in [3.05, 3.63) is 71.8 Å². The summed E-state index contributed by atoms with van der Waals surface area (Å²) >= 11 is 0. The molecule has 116 valence electrons.